The Morgan fingerprint density at radius 3 is 2.06 bits per heavy atom. The van der Waals surface area contributed by atoms with E-state index in [-0.39, 0.29) is 21.3 Å². The lowest BCUT2D eigenvalue weighted by Crippen LogP contribution is -2.09. The third-order valence-electron chi connectivity index (χ3n) is 5.02. The lowest BCUT2D eigenvalue weighted by Gasteiger charge is -2.12. The van der Waals surface area contributed by atoms with Gasteiger partial charge in [0.25, 0.3) is 0 Å². The van der Waals surface area contributed by atoms with E-state index in [2.05, 4.69) is 20.3 Å². The van der Waals surface area contributed by atoms with Crippen LogP contribution in [0.2, 0.25) is 0 Å². The fourth-order valence-corrected chi connectivity index (χ4v) is 4.88. The summed E-state index contributed by atoms with van der Waals surface area (Å²) in [6.45, 7) is 0. The van der Waals surface area contributed by atoms with Gasteiger partial charge in [-0.25, -0.2) is 17.9 Å². The highest BCUT2D eigenvalue weighted by molar-refractivity contribution is 7.91. The molecule has 2 heterocycles. The van der Waals surface area contributed by atoms with E-state index >= 15 is 0 Å². The number of sulfone groups is 1. The van der Waals surface area contributed by atoms with Crippen molar-refractivity contribution in [1.29, 1.82) is 0 Å². The molecule has 0 atom stereocenters. The summed E-state index contributed by atoms with van der Waals surface area (Å²) in [6, 6.07) is 26.5. The molecule has 5 aromatic rings. The maximum absolute atomic E-state index is 13.5. The van der Waals surface area contributed by atoms with Crippen LogP contribution >= 0.6 is 0 Å². The molecule has 0 amide bonds. The molecule has 8 nitrogen and oxygen atoms in total. The highest BCUT2D eigenvalue weighted by atomic mass is 32.2. The molecule has 2 aromatic heterocycles. The number of hydrogen-bond donors (Lipinski definition) is 1. The van der Waals surface area contributed by atoms with Crippen LogP contribution < -0.4 is 5.73 Å². The van der Waals surface area contributed by atoms with E-state index in [0.29, 0.717) is 22.6 Å². The van der Waals surface area contributed by atoms with Crippen molar-refractivity contribution in [1.82, 2.24) is 14.6 Å². The van der Waals surface area contributed by atoms with Crippen LogP contribution in [0.25, 0.3) is 16.9 Å². The number of fused-ring (bicyclic) bond motifs is 1. The average Bonchev–Trinajstić information content (AvgIpc) is 3.18. The second-order valence-electron chi connectivity index (χ2n) is 7.16. The third kappa shape index (κ3) is 3.74. The monoisotopic (exact) mass is 454 g/mol. The number of rotatable bonds is 5. The Morgan fingerprint density at radius 2 is 1.39 bits per heavy atom. The standard InChI is InChI=1S/C24H18N6O2S/c25-23-21(28-27-18-12-6-2-7-13-18)24-26-16-20(33(31,32)19-14-8-3-9-15-19)22(30(24)29-23)17-10-4-1-5-11-17/h1-16H,(H2,25,29). The number of aromatic nitrogens is 3. The molecule has 0 bridgehead atoms. The summed E-state index contributed by atoms with van der Waals surface area (Å²) in [4.78, 5) is 4.55. The van der Waals surface area contributed by atoms with Gasteiger partial charge in [0.1, 0.15) is 4.90 Å². The average molecular weight is 455 g/mol. The fraction of sp³-hybridized carbons (Fsp3) is 0. The molecule has 0 saturated carbocycles. The van der Waals surface area contributed by atoms with Gasteiger partial charge in [-0.1, -0.05) is 66.7 Å². The SMILES string of the molecule is Nc1nn2c(-c3ccccc3)c(S(=O)(=O)c3ccccc3)cnc2c1N=Nc1ccccc1. The molecule has 2 N–H and O–H groups in total. The molecular formula is C24H18N6O2S. The lowest BCUT2D eigenvalue weighted by atomic mass is 10.1. The molecule has 0 radical (unpaired) electrons. The molecule has 0 aliphatic heterocycles. The number of nitrogen functional groups attached to an aromatic ring is 1. The predicted molar refractivity (Wildman–Crippen MR) is 125 cm³/mol. The van der Waals surface area contributed by atoms with Gasteiger partial charge < -0.3 is 5.73 Å². The largest absolute Gasteiger partial charge is 0.380 e. The number of hydrogen-bond acceptors (Lipinski definition) is 7. The first-order valence-corrected chi connectivity index (χ1v) is 11.5. The summed E-state index contributed by atoms with van der Waals surface area (Å²) >= 11 is 0. The van der Waals surface area contributed by atoms with Gasteiger partial charge in [-0.15, -0.1) is 10.2 Å². The van der Waals surface area contributed by atoms with E-state index in [4.69, 9.17) is 5.73 Å². The van der Waals surface area contributed by atoms with E-state index in [9.17, 15) is 8.42 Å². The molecule has 5 rings (SSSR count). The molecular weight excluding hydrogens is 436 g/mol. The third-order valence-corrected chi connectivity index (χ3v) is 6.79. The molecule has 0 spiro atoms. The van der Waals surface area contributed by atoms with Crippen LogP contribution in [0, 0.1) is 0 Å². The van der Waals surface area contributed by atoms with Gasteiger partial charge in [0.05, 0.1) is 22.5 Å². The summed E-state index contributed by atoms with van der Waals surface area (Å²) in [5, 5.41) is 12.9. The molecule has 0 fully saturated rings. The summed E-state index contributed by atoms with van der Waals surface area (Å²) < 4.78 is 28.5. The van der Waals surface area contributed by atoms with Gasteiger partial charge in [0, 0.05) is 5.56 Å². The number of anilines is 1. The van der Waals surface area contributed by atoms with Crippen molar-refractivity contribution in [2.24, 2.45) is 10.2 Å². The normalized spacial score (nSPS) is 11.9. The Hall–Kier alpha value is -4.37. The Morgan fingerprint density at radius 1 is 0.788 bits per heavy atom. The Bertz CT molecular complexity index is 1570. The van der Waals surface area contributed by atoms with Crippen molar-refractivity contribution in [2.45, 2.75) is 9.79 Å². The molecule has 9 heteroatoms. The first-order valence-electron chi connectivity index (χ1n) is 10.1. The van der Waals surface area contributed by atoms with Crippen LogP contribution in [0.3, 0.4) is 0 Å². The van der Waals surface area contributed by atoms with Gasteiger partial charge >= 0.3 is 0 Å². The van der Waals surface area contributed by atoms with Crippen LogP contribution in [-0.4, -0.2) is 23.0 Å². The van der Waals surface area contributed by atoms with E-state index in [1.807, 2.05) is 48.5 Å². The quantitative estimate of drug-likeness (QED) is 0.365. The topological polar surface area (TPSA) is 115 Å². The number of benzene rings is 3. The number of nitrogens with zero attached hydrogens (tertiary/aromatic N) is 5. The minimum atomic E-state index is -3.89. The minimum absolute atomic E-state index is 0.0152. The fourth-order valence-electron chi connectivity index (χ4n) is 3.46. The second-order valence-corrected chi connectivity index (χ2v) is 9.08. The molecule has 0 unspecified atom stereocenters. The molecule has 162 valence electrons. The highest BCUT2D eigenvalue weighted by Gasteiger charge is 2.27. The highest BCUT2D eigenvalue weighted by Crippen LogP contribution is 2.36. The van der Waals surface area contributed by atoms with Crippen molar-refractivity contribution < 1.29 is 8.42 Å². The molecule has 0 aliphatic rings. The lowest BCUT2D eigenvalue weighted by molar-refractivity contribution is 0.595. The summed E-state index contributed by atoms with van der Waals surface area (Å²) in [5.41, 5.74) is 8.36. The molecule has 3 aromatic carbocycles. The minimum Gasteiger partial charge on any atom is -0.380 e. The van der Waals surface area contributed by atoms with E-state index in [1.54, 1.807) is 42.5 Å². The zero-order chi connectivity index (χ0) is 22.8. The van der Waals surface area contributed by atoms with E-state index < -0.39 is 9.84 Å². The zero-order valence-corrected chi connectivity index (χ0v) is 18.1. The number of nitrogens with two attached hydrogens (primary N) is 1. The van der Waals surface area contributed by atoms with Crippen LogP contribution in [-0.2, 0) is 9.84 Å². The first-order chi connectivity index (χ1) is 16.1. The maximum atomic E-state index is 13.5. The Labute approximate surface area is 190 Å². The molecule has 0 aliphatic carbocycles. The van der Waals surface area contributed by atoms with E-state index in [1.165, 1.54) is 10.7 Å². The van der Waals surface area contributed by atoms with Gasteiger partial charge in [0.2, 0.25) is 9.84 Å². The van der Waals surface area contributed by atoms with Gasteiger partial charge in [-0.05, 0) is 24.3 Å². The Balaban J connectivity index is 1.76. The van der Waals surface area contributed by atoms with Crippen molar-refractivity contribution in [2.75, 3.05) is 5.73 Å². The summed E-state index contributed by atoms with van der Waals surface area (Å²) in [5.74, 6) is 0.0913. The van der Waals surface area contributed by atoms with Crippen molar-refractivity contribution in [3.8, 4) is 11.3 Å². The summed E-state index contributed by atoms with van der Waals surface area (Å²) in [6.07, 6.45) is 1.32. The van der Waals surface area contributed by atoms with Gasteiger partial charge in [-0.3, -0.25) is 0 Å². The first kappa shape index (κ1) is 20.5. The molecule has 0 saturated heterocycles. The smallest absolute Gasteiger partial charge is 0.210 e. The summed E-state index contributed by atoms with van der Waals surface area (Å²) in [7, 11) is -3.89. The zero-order valence-electron chi connectivity index (χ0n) is 17.3. The van der Waals surface area contributed by atoms with E-state index in [0.717, 1.165) is 0 Å². The predicted octanol–water partition coefficient (Wildman–Crippen LogP) is 5.23. The number of azo groups is 1. The second kappa shape index (κ2) is 8.29. The van der Waals surface area contributed by atoms with Gasteiger partial charge in [-0.2, -0.15) is 5.11 Å². The van der Waals surface area contributed by atoms with Crippen molar-refractivity contribution >= 4 is 32.7 Å². The molecule has 33 heavy (non-hydrogen) atoms. The van der Waals surface area contributed by atoms with Gasteiger partial charge in [0.15, 0.2) is 17.2 Å². The van der Waals surface area contributed by atoms with Crippen LogP contribution in [0.5, 0.6) is 0 Å². The maximum Gasteiger partial charge on any atom is 0.210 e. The van der Waals surface area contributed by atoms with Crippen LogP contribution in [0.4, 0.5) is 17.2 Å². The van der Waals surface area contributed by atoms with Crippen molar-refractivity contribution in [3.63, 3.8) is 0 Å². The van der Waals surface area contributed by atoms with Crippen LogP contribution in [0.15, 0.2) is 117 Å². The Kier molecular flexibility index (Phi) is 5.15. The van der Waals surface area contributed by atoms with Crippen molar-refractivity contribution in [3.05, 3.63) is 97.2 Å². The van der Waals surface area contributed by atoms with Crippen LogP contribution in [0.1, 0.15) is 0 Å².